The second-order valence-corrected chi connectivity index (χ2v) is 7.47. The number of aryl methyl sites for hydroxylation is 3. The molecule has 1 aromatic carbocycles. The van der Waals surface area contributed by atoms with Gasteiger partial charge in [-0.1, -0.05) is 24.1 Å². The summed E-state index contributed by atoms with van der Waals surface area (Å²) in [6, 6.07) is 4.51. The lowest BCUT2D eigenvalue weighted by Crippen LogP contribution is -2.38. The molecule has 1 N–H and O–H groups in total. The fourth-order valence-electron chi connectivity index (χ4n) is 4.33. The highest BCUT2D eigenvalue weighted by Crippen LogP contribution is 2.47. The number of hydrogen-bond donors (Lipinski definition) is 1. The van der Waals surface area contributed by atoms with Crippen LogP contribution in [0.25, 0.3) is 0 Å². The predicted molar refractivity (Wildman–Crippen MR) is 84.0 cm³/mol. The highest BCUT2D eigenvalue weighted by atomic mass is 16.3. The van der Waals surface area contributed by atoms with Gasteiger partial charge in [-0.15, -0.1) is 0 Å². The third-order valence-electron chi connectivity index (χ3n) is 5.49. The van der Waals surface area contributed by atoms with Crippen molar-refractivity contribution in [2.45, 2.75) is 71.3 Å². The van der Waals surface area contributed by atoms with Crippen molar-refractivity contribution in [1.29, 1.82) is 0 Å². The fraction of sp³-hybridized carbons (Fsp3) is 0.684. The van der Waals surface area contributed by atoms with E-state index >= 15 is 0 Å². The van der Waals surface area contributed by atoms with Crippen LogP contribution in [-0.2, 0) is 6.42 Å². The van der Waals surface area contributed by atoms with E-state index in [9.17, 15) is 5.11 Å². The molecule has 0 spiro atoms. The minimum absolute atomic E-state index is 0.448. The molecule has 2 unspecified atom stereocenters. The molecule has 0 radical (unpaired) electrons. The topological polar surface area (TPSA) is 20.2 Å². The Morgan fingerprint density at radius 1 is 1.05 bits per heavy atom. The average molecular weight is 272 g/mol. The lowest BCUT2D eigenvalue weighted by molar-refractivity contribution is -0.0198. The number of rotatable bonds is 3. The zero-order valence-electron chi connectivity index (χ0n) is 13.2. The van der Waals surface area contributed by atoms with Gasteiger partial charge < -0.3 is 5.11 Å². The van der Waals surface area contributed by atoms with Crippen molar-refractivity contribution >= 4 is 0 Å². The van der Waals surface area contributed by atoms with E-state index in [4.69, 9.17) is 0 Å². The Labute approximate surface area is 123 Å². The molecular formula is C19H28O. The summed E-state index contributed by atoms with van der Waals surface area (Å²) in [5, 5.41) is 11.1. The van der Waals surface area contributed by atoms with E-state index in [1.54, 1.807) is 0 Å². The normalized spacial score (nSPS) is 30.5. The maximum absolute atomic E-state index is 11.1. The molecular weight excluding hydrogens is 244 g/mol. The van der Waals surface area contributed by atoms with E-state index in [1.165, 1.54) is 47.9 Å². The van der Waals surface area contributed by atoms with Crippen molar-refractivity contribution < 1.29 is 5.11 Å². The van der Waals surface area contributed by atoms with Gasteiger partial charge in [0.05, 0.1) is 5.60 Å². The van der Waals surface area contributed by atoms with Crippen LogP contribution in [-0.4, -0.2) is 10.7 Å². The highest BCUT2D eigenvalue weighted by Gasteiger charge is 2.41. The number of benzene rings is 1. The summed E-state index contributed by atoms with van der Waals surface area (Å²) < 4.78 is 0. The molecule has 0 amide bonds. The third kappa shape index (κ3) is 2.93. The molecule has 1 nitrogen and oxygen atoms in total. The molecule has 1 aromatic rings. The summed E-state index contributed by atoms with van der Waals surface area (Å²) in [7, 11) is 0. The van der Waals surface area contributed by atoms with Crippen LogP contribution in [0.5, 0.6) is 0 Å². The Hall–Kier alpha value is -0.820. The van der Waals surface area contributed by atoms with Crippen molar-refractivity contribution in [3.05, 3.63) is 34.4 Å². The van der Waals surface area contributed by atoms with Gasteiger partial charge >= 0.3 is 0 Å². The van der Waals surface area contributed by atoms with Crippen LogP contribution in [0.2, 0.25) is 0 Å². The van der Waals surface area contributed by atoms with Crippen LogP contribution >= 0.6 is 0 Å². The van der Waals surface area contributed by atoms with Crippen molar-refractivity contribution in [3.8, 4) is 0 Å². The second kappa shape index (κ2) is 5.18. The maximum Gasteiger partial charge on any atom is 0.0690 e. The fourth-order valence-corrected chi connectivity index (χ4v) is 4.33. The lowest BCUT2D eigenvalue weighted by atomic mass is 9.72. The van der Waals surface area contributed by atoms with Gasteiger partial charge in [0.1, 0.15) is 0 Å². The van der Waals surface area contributed by atoms with Crippen molar-refractivity contribution in [3.63, 3.8) is 0 Å². The Morgan fingerprint density at radius 2 is 1.70 bits per heavy atom. The number of hydrogen-bond acceptors (Lipinski definition) is 1. The largest absolute Gasteiger partial charge is 0.390 e. The summed E-state index contributed by atoms with van der Waals surface area (Å²) in [5.41, 5.74) is 4.97. The lowest BCUT2D eigenvalue weighted by Gasteiger charge is -2.38. The van der Waals surface area contributed by atoms with Crippen LogP contribution in [0.15, 0.2) is 12.1 Å². The Kier molecular flexibility index (Phi) is 3.66. The van der Waals surface area contributed by atoms with Gasteiger partial charge in [0.25, 0.3) is 0 Å². The van der Waals surface area contributed by atoms with Gasteiger partial charge in [-0.2, -0.15) is 0 Å². The van der Waals surface area contributed by atoms with E-state index < -0.39 is 5.60 Å². The second-order valence-electron chi connectivity index (χ2n) is 7.47. The van der Waals surface area contributed by atoms with Crippen LogP contribution in [0.3, 0.4) is 0 Å². The predicted octanol–water partition coefficient (Wildman–Crippen LogP) is 4.49. The standard InChI is InChI=1S/C19H28O/c1-13-9-14(2)18(15(3)10-13)12-19(20)8-4-5-17(11-19)16-6-7-16/h9-10,16-17,20H,4-8,11-12H2,1-3H3. The maximum atomic E-state index is 11.1. The molecule has 2 aliphatic carbocycles. The quantitative estimate of drug-likeness (QED) is 0.860. The van der Waals surface area contributed by atoms with Gasteiger partial charge in [0.15, 0.2) is 0 Å². The minimum Gasteiger partial charge on any atom is -0.390 e. The molecule has 0 bridgehead atoms. The summed E-state index contributed by atoms with van der Waals surface area (Å²) in [6.45, 7) is 6.54. The molecule has 2 fully saturated rings. The summed E-state index contributed by atoms with van der Waals surface area (Å²) in [4.78, 5) is 0. The van der Waals surface area contributed by atoms with Gasteiger partial charge in [-0.25, -0.2) is 0 Å². The molecule has 2 atom stereocenters. The first-order valence-corrected chi connectivity index (χ1v) is 8.26. The van der Waals surface area contributed by atoms with Crippen LogP contribution in [0, 0.1) is 32.6 Å². The molecule has 110 valence electrons. The zero-order chi connectivity index (χ0) is 14.3. The van der Waals surface area contributed by atoms with Crippen LogP contribution in [0.1, 0.15) is 60.8 Å². The molecule has 3 rings (SSSR count). The highest BCUT2D eigenvalue weighted by molar-refractivity contribution is 5.38. The SMILES string of the molecule is Cc1cc(C)c(CC2(O)CCCC(C3CC3)C2)c(C)c1. The van der Waals surface area contributed by atoms with Crippen molar-refractivity contribution in [1.82, 2.24) is 0 Å². The van der Waals surface area contributed by atoms with Gasteiger partial charge in [-0.05, 0) is 81.4 Å². The Morgan fingerprint density at radius 3 is 2.30 bits per heavy atom. The molecule has 2 saturated carbocycles. The van der Waals surface area contributed by atoms with E-state index in [0.29, 0.717) is 0 Å². The molecule has 20 heavy (non-hydrogen) atoms. The molecule has 2 aliphatic rings. The molecule has 0 aromatic heterocycles. The van der Waals surface area contributed by atoms with E-state index in [1.807, 2.05) is 0 Å². The zero-order valence-corrected chi connectivity index (χ0v) is 13.2. The average Bonchev–Trinajstić information content (AvgIpc) is 3.18. The van der Waals surface area contributed by atoms with Crippen molar-refractivity contribution in [2.24, 2.45) is 11.8 Å². The van der Waals surface area contributed by atoms with Crippen molar-refractivity contribution in [2.75, 3.05) is 0 Å². The van der Waals surface area contributed by atoms with E-state index in [0.717, 1.165) is 31.1 Å². The summed E-state index contributed by atoms with van der Waals surface area (Å²) in [5.74, 6) is 1.72. The monoisotopic (exact) mass is 272 g/mol. The summed E-state index contributed by atoms with van der Waals surface area (Å²) >= 11 is 0. The van der Waals surface area contributed by atoms with E-state index in [2.05, 4.69) is 32.9 Å². The first-order chi connectivity index (χ1) is 9.47. The van der Waals surface area contributed by atoms with E-state index in [-0.39, 0.29) is 0 Å². The molecule has 0 saturated heterocycles. The molecule has 0 aliphatic heterocycles. The number of aliphatic hydroxyl groups is 1. The molecule has 1 heteroatoms. The smallest absolute Gasteiger partial charge is 0.0690 e. The first-order valence-electron chi connectivity index (χ1n) is 8.26. The first kappa shape index (κ1) is 14.1. The Bertz CT molecular complexity index is 477. The van der Waals surface area contributed by atoms with Crippen LogP contribution < -0.4 is 0 Å². The van der Waals surface area contributed by atoms with Gasteiger partial charge in [0, 0.05) is 6.42 Å². The van der Waals surface area contributed by atoms with Gasteiger partial charge in [0.2, 0.25) is 0 Å². The van der Waals surface area contributed by atoms with Crippen LogP contribution in [0.4, 0.5) is 0 Å². The summed E-state index contributed by atoms with van der Waals surface area (Å²) in [6.07, 6.45) is 8.24. The molecule has 0 heterocycles. The Balaban J connectivity index is 1.78. The third-order valence-corrected chi connectivity index (χ3v) is 5.49. The minimum atomic E-state index is -0.448. The van der Waals surface area contributed by atoms with Gasteiger partial charge in [-0.3, -0.25) is 0 Å².